The lowest BCUT2D eigenvalue weighted by molar-refractivity contribution is -0.252. The minimum absolute atomic E-state index is 1.78. The van der Waals surface area contributed by atoms with E-state index in [0.29, 0.717) is 0 Å². The third-order valence-corrected chi connectivity index (χ3v) is 1.00. The summed E-state index contributed by atoms with van der Waals surface area (Å²) in [5.74, 6) is -8.33. The van der Waals surface area contributed by atoms with E-state index < -0.39 is 18.1 Å². The van der Waals surface area contributed by atoms with Crippen LogP contribution < -0.4 is 0 Å². The second kappa shape index (κ2) is 3.00. The maximum atomic E-state index is 11.7. The molecule has 0 spiro atoms. The molecule has 0 radical (unpaired) electrons. The van der Waals surface area contributed by atoms with Crippen LogP contribution in [0.2, 0.25) is 0 Å². The molecule has 0 saturated heterocycles. The number of nitrogens with zero attached hydrogens (tertiary/aromatic N) is 1. The van der Waals surface area contributed by atoms with Crippen molar-refractivity contribution in [3.63, 3.8) is 0 Å². The molecule has 0 unspecified atom stereocenters. The fourth-order valence-electron chi connectivity index (χ4n) is 0.170. The van der Waals surface area contributed by atoms with E-state index in [1.807, 2.05) is 4.02 Å². The van der Waals surface area contributed by atoms with Gasteiger partial charge in [0.25, 0.3) is 5.97 Å². The van der Waals surface area contributed by atoms with Crippen LogP contribution in [0, 0.1) is 0 Å². The van der Waals surface area contributed by atoms with Gasteiger partial charge in [0.05, 0.1) is 16.1 Å². The van der Waals surface area contributed by atoms with Crippen LogP contribution in [0.3, 0.4) is 0 Å². The van der Waals surface area contributed by atoms with E-state index in [1.165, 1.54) is 0 Å². The zero-order chi connectivity index (χ0) is 9.28. The van der Waals surface area contributed by atoms with Crippen LogP contribution in [0.25, 0.3) is 0 Å². The Balaban J connectivity index is 4.74. The van der Waals surface area contributed by atoms with Crippen LogP contribution in [0.5, 0.6) is 0 Å². The van der Waals surface area contributed by atoms with E-state index in [-0.39, 0.29) is 0 Å². The lowest BCUT2D eigenvalue weighted by Crippen LogP contribution is -2.41. The molecule has 0 aromatic carbocycles. The van der Waals surface area contributed by atoms with E-state index >= 15 is 0 Å². The Morgan fingerprint density at radius 1 is 1.09 bits per heavy atom. The highest BCUT2D eigenvalue weighted by Gasteiger charge is 2.62. The summed E-state index contributed by atoms with van der Waals surface area (Å²) in [6.07, 6.45) is -5.95. The van der Waals surface area contributed by atoms with Crippen LogP contribution in [0.15, 0.2) is 4.02 Å². The Bertz CT molecular complexity index is 171. The molecule has 0 rings (SSSR count). The molecule has 8 heteroatoms. The van der Waals surface area contributed by atoms with E-state index in [9.17, 15) is 26.3 Å². The minimum atomic E-state index is -5.95. The van der Waals surface area contributed by atoms with E-state index in [4.69, 9.17) is 0 Å². The first-order chi connectivity index (χ1) is 4.73. The molecular weight excluding hydrogens is 244 g/mol. The van der Waals surface area contributed by atoms with Gasteiger partial charge in [0.2, 0.25) is 0 Å². The van der Waals surface area contributed by atoms with Gasteiger partial charge in [-0.25, -0.2) is 0 Å². The third kappa shape index (κ3) is 2.08. The van der Waals surface area contributed by atoms with Gasteiger partial charge in [0.15, 0.2) is 0 Å². The second-order valence-corrected chi connectivity index (χ2v) is 1.80. The third-order valence-electron chi connectivity index (χ3n) is 0.689. The highest BCUT2D eigenvalue weighted by Crippen LogP contribution is 2.37. The monoisotopic (exact) mass is 243 g/mol. The Morgan fingerprint density at radius 3 is 1.55 bits per heavy atom. The highest BCUT2D eigenvalue weighted by atomic mass is 79.9. The molecule has 0 aromatic heterocycles. The predicted molar refractivity (Wildman–Crippen MR) is 28.5 cm³/mol. The van der Waals surface area contributed by atoms with Crippen molar-refractivity contribution >= 4 is 22.1 Å². The van der Waals surface area contributed by atoms with Crippen LogP contribution in [0.1, 0.15) is 0 Å². The van der Waals surface area contributed by atoms with Crippen LogP contribution in [-0.4, -0.2) is 18.1 Å². The first kappa shape index (κ1) is 10.7. The average Bonchev–Trinajstić information content (AvgIpc) is 1.83. The zero-order valence-electron chi connectivity index (χ0n) is 4.59. The normalized spacial score (nSPS) is 15.4. The molecule has 0 heterocycles. The van der Waals surface area contributed by atoms with Crippen molar-refractivity contribution in [2.45, 2.75) is 12.1 Å². The number of hydrogen-bond acceptors (Lipinski definition) is 1. The van der Waals surface area contributed by atoms with Gasteiger partial charge in [0.1, 0.15) is 0 Å². The molecule has 0 amide bonds. The number of rotatable bonds is 1. The minimum Gasteiger partial charge on any atom is -0.186 e. The molecule has 0 aliphatic carbocycles. The molecule has 0 aliphatic rings. The molecule has 0 saturated carbocycles. The van der Waals surface area contributed by atoms with E-state index in [2.05, 4.69) is 0 Å². The SMILES string of the molecule is FC(=NBr)C(F)(F)C(F)(F)F. The molecule has 0 aliphatic heterocycles. The van der Waals surface area contributed by atoms with Crippen molar-refractivity contribution in [2.75, 3.05) is 0 Å². The number of alkyl halides is 5. The number of halogens is 7. The summed E-state index contributed by atoms with van der Waals surface area (Å²) < 4.78 is 70.4. The molecular formula is C3BrF6N. The van der Waals surface area contributed by atoms with Crippen molar-refractivity contribution in [2.24, 2.45) is 4.02 Å². The first-order valence-corrected chi connectivity index (χ1v) is 2.74. The Morgan fingerprint density at radius 2 is 1.45 bits per heavy atom. The average molecular weight is 244 g/mol. The lowest BCUT2D eigenvalue weighted by atomic mass is 10.3. The zero-order valence-corrected chi connectivity index (χ0v) is 6.18. The molecule has 66 valence electrons. The summed E-state index contributed by atoms with van der Waals surface area (Å²) in [6.45, 7) is 0. The summed E-state index contributed by atoms with van der Waals surface area (Å²) in [7, 11) is 0. The van der Waals surface area contributed by atoms with Gasteiger partial charge in [-0.1, -0.05) is 0 Å². The van der Waals surface area contributed by atoms with Crippen molar-refractivity contribution < 1.29 is 26.3 Å². The Kier molecular flexibility index (Phi) is 2.92. The van der Waals surface area contributed by atoms with Gasteiger partial charge in [-0.2, -0.15) is 30.4 Å². The van der Waals surface area contributed by atoms with Crippen molar-refractivity contribution in [1.29, 1.82) is 0 Å². The quantitative estimate of drug-likeness (QED) is 0.496. The van der Waals surface area contributed by atoms with Crippen molar-refractivity contribution in [1.82, 2.24) is 0 Å². The van der Waals surface area contributed by atoms with Gasteiger partial charge in [-0.15, -0.1) is 0 Å². The van der Waals surface area contributed by atoms with E-state index in [0.717, 1.165) is 0 Å². The van der Waals surface area contributed by atoms with Gasteiger partial charge >= 0.3 is 12.1 Å². The van der Waals surface area contributed by atoms with Gasteiger partial charge in [-0.05, 0) is 0 Å². The molecule has 0 fully saturated rings. The lowest BCUT2D eigenvalue weighted by Gasteiger charge is -2.15. The fourth-order valence-corrected chi connectivity index (χ4v) is 0.393. The maximum absolute atomic E-state index is 11.7. The Labute approximate surface area is 65.4 Å². The molecule has 11 heavy (non-hydrogen) atoms. The summed E-state index contributed by atoms with van der Waals surface area (Å²) >= 11 is 1.78. The summed E-state index contributed by atoms with van der Waals surface area (Å²) in [5.41, 5.74) is 0. The highest BCUT2D eigenvalue weighted by molar-refractivity contribution is 9.08. The van der Waals surface area contributed by atoms with E-state index in [1.54, 1.807) is 16.1 Å². The second-order valence-electron chi connectivity index (χ2n) is 1.45. The van der Waals surface area contributed by atoms with Crippen LogP contribution >= 0.6 is 16.1 Å². The topological polar surface area (TPSA) is 12.4 Å². The standard InChI is InChI=1S/C3BrF6N/c4-11-1(5)2(6,7)3(8,9)10. The van der Waals surface area contributed by atoms with Crippen LogP contribution in [-0.2, 0) is 0 Å². The predicted octanol–water partition coefficient (Wildman–Crippen LogP) is 2.86. The molecule has 0 N–H and O–H groups in total. The van der Waals surface area contributed by atoms with Crippen LogP contribution in [0.4, 0.5) is 26.3 Å². The summed E-state index contributed by atoms with van der Waals surface area (Å²) in [4.78, 5) is 0. The fraction of sp³-hybridized carbons (Fsp3) is 0.667. The summed E-state index contributed by atoms with van der Waals surface area (Å²) in [5, 5.41) is 0. The van der Waals surface area contributed by atoms with Gasteiger partial charge in [-0.3, -0.25) is 0 Å². The number of hydrogen-bond donors (Lipinski definition) is 0. The van der Waals surface area contributed by atoms with Crippen molar-refractivity contribution in [3.05, 3.63) is 0 Å². The van der Waals surface area contributed by atoms with Gasteiger partial charge < -0.3 is 0 Å². The molecule has 0 bridgehead atoms. The first-order valence-electron chi connectivity index (χ1n) is 2.03. The Hall–Kier alpha value is -0.270. The maximum Gasteiger partial charge on any atom is 0.462 e. The largest absolute Gasteiger partial charge is 0.462 e. The molecule has 1 nitrogen and oxygen atoms in total. The molecule has 0 aromatic rings. The summed E-state index contributed by atoms with van der Waals surface area (Å²) in [6, 6.07) is 0. The van der Waals surface area contributed by atoms with Gasteiger partial charge in [0, 0.05) is 0 Å². The molecule has 0 atom stereocenters. The smallest absolute Gasteiger partial charge is 0.186 e. The van der Waals surface area contributed by atoms with Crippen molar-refractivity contribution in [3.8, 4) is 0 Å².